The maximum Gasteiger partial charge on any atom is 0.230 e. The van der Waals surface area contributed by atoms with E-state index >= 15 is 0 Å². The summed E-state index contributed by atoms with van der Waals surface area (Å²) in [6, 6.07) is 8.46. The van der Waals surface area contributed by atoms with Gasteiger partial charge in [0.2, 0.25) is 11.8 Å². The van der Waals surface area contributed by atoms with E-state index in [-0.39, 0.29) is 29.7 Å². The van der Waals surface area contributed by atoms with Crippen molar-refractivity contribution in [2.75, 3.05) is 31.2 Å². The Morgan fingerprint density at radius 2 is 1.58 bits per heavy atom. The van der Waals surface area contributed by atoms with E-state index in [0.29, 0.717) is 26.3 Å². The second-order valence-electron chi connectivity index (χ2n) is 7.88. The monoisotopic (exact) mass is 356 g/mol. The van der Waals surface area contributed by atoms with Gasteiger partial charge in [-0.3, -0.25) is 9.59 Å². The number of benzene rings is 1. The van der Waals surface area contributed by atoms with Crippen LogP contribution in [0.4, 0.5) is 5.69 Å². The molecule has 1 aliphatic carbocycles. The van der Waals surface area contributed by atoms with Crippen LogP contribution in [0.1, 0.15) is 38.2 Å². The largest absolute Gasteiger partial charge is 0.378 e. The van der Waals surface area contributed by atoms with Gasteiger partial charge in [-0.05, 0) is 50.7 Å². The van der Waals surface area contributed by atoms with Gasteiger partial charge >= 0.3 is 0 Å². The zero-order chi connectivity index (χ0) is 18.1. The van der Waals surface area contributed by atoms with Crippen molar-refractivity contribution in [1.29, 1.82) is 0 Å². The predicted molar refractivity (Wildman–Crippen MR) is 99.9 cm³/mol. The topological polar surface area (TPSA) is 49.9 Å². The van der Waals surface area contributed by atoms with Gasteiger partial charge in [0.1, 0.15) is 0 Å². The third-order valence-corrected chi connectivity index (χ3v) is 6.19. The van der Waals surface area contributed by atoms with Crippen molar-refractivity contribution in [3.8, 4) is 0 Å². The van der Waals surface area contributed by atoms with E-state index in [0.717, 1.165) is 37.8 Å². The van der Waals surface area contributed by atoms with E-state index in [1.165, 1.54) is 5.56 Å². The highest BCUT2D eigenvalue weighted by Crippen LogP contribution is 2.37. The van der Waals surface area contributed by atoms with Crippen LogP contribution in [-0.4, -0.2) is 49.1 Å². The fraction of sp³-hybridized carbons (Fsp3) is 0.619. The van der Waals surface area contributed by atoms with E-state index in [2.05, 4.69) is 19.1 Å². The molecule has 3 aliphatic rings. The third kappa shape index (κ3) is 3.25. The van der Waals surface area contributed by atoms with Crippen LogP contribution in [0.5, 0.6) is 0 Å². The Morgan fingerprint density at radius 1 is 0.962 bits per heavy atom. The molecule has 1 aromatic carbocycles. The minimum atomic E-state index is 0.0531. The summed E-state index contributed by atoms with van der Waals surface area (Å²) in [6.45, 7) is 4.84. The summed E-state index contributed by atoms with van der Waals surface area (Å²) in [5, 5.41) is 0. The van der Waals surface area contributed by atoms with Crippen LogP contribution in [0.15, 0.2) is 24.3 Å². The molecule has 2 fully saturated rings. The average Bonchev–Trinajstić information content (AvgIpc) is 3.03. The minimum Gasteiger partial charge on any atom is -0.378 e. The number of fused-ring (bicyclic) bond motifs is 1. The Bertz CT molecular complexity index is 676. The van der Waals surface area contributed by atoms with E-state index < -0.39 is 0 Å². The second kappa shape index (κ2) is 7.39. The highest BCUT2D eigenvalue weighted by molar-refractivity contribution is 5.97. The molecule has 0 radical (unpaired) electrons. The minimum absolute atomic E-state index is 0.0531. The fourth-order valence-electron chi connectivity index (χ4n) is 4.73. The molecule has 2 amide bonds. The number of hydrogen-bond donors (Lipinski definition) is 0. The molecule has 1 saturated heterocycles. The Labute approximate surface area is 155 Å². The van der Waals surface area contributed by atoms with Gasteiger partial charge in [-0.15, -0.1) is 0 Å². The van der Waals surface area contributed by atoms with Gasteiger partial charge in [0.15, 0.2) is 0 Å². The van der Waals surface area contributed by atoms with E-state index in [4.69, 9.17) is 4.74 Å². The summed E-state index contributed by atoms with van der Waals surface area (Å²) in [4.78, 5) is 29.8. The first-order valence-electron chi connectivity index (χ1n) is 9.92. The first-order valence-corrected chi connectivity index (χ1v) is 9.92. The normalized spacial score (nSPS) is 28.7. The lowest BCUT2D eigenvalue weighted by Crippen LogP contribution is -2.46. The van der Waals surface area contributed by atoms with Crippen molar-refractivity contribution in [3.63, 3.8) is 0 Å². The van der Waals surface area contributed by atoms with Crippen LogP contribution in [0.2, 0.25) is 0 Å². The quantitative estimate of drug-likeness (QED) is 0.818. The maximum absolute atomic E-state index is 13.2. The Morgan fingerprint density at radius 3 is 2.27 bits per heavy atom. The third-order valence-electron chi connectivity index (χ3n) is 6.19. The van der Waals surface area contributed by atoms with Crippen molar-refractivity contribution >= 4 is 17.5 Å². The molecule has 0 N–H and O–H groups in total. The summed E-state index contributed by atoms with van der Waals surface area (Å²) in [5.41, 5.74) is 2.35. The summed E-state index contributed by atoms with van der Waals surface area (Å²) >= 11 is 0. The molecule has 1 aromatic rings. The first kappa shape index (κ1) is 17.5. The summed E-state index contributed by atoms with van der Waals surface area (Å²) < 4.78 is 5.34. The molecule has 140 valence electrons. The van der Waals surface area contributed by atoms with Crippen molar-refractivity contribution < 1.29 is 14.3 Å². The van der Waals surface area contributed by atoms with Gasteiger partial charge in [0.25, 0.3) is 0 Å². The lowest BCUT2D eigenvalue weighted by atomic mass is 9.80. The molecule has 0 aromatic heterocycles. The summed E-state index contributed by atoms with van der Waals surface area (Å²) in [6.07, 6.45) is 4.25. The number of rotatable bonds is 2. The molecule has 4 rings (SSSR count). The highest BCUT2D eigenvalue weighted by atomic mass is 16.5. The van der Waals surface area contributed by atoms with Crippen molar-refractivity contribution in [3.05, 3.63) is 29.8 Å². The molecule has 1 unspecified atom stereocenters. The first-order chi connectivity index (χ1) is 12.6. The lowest BCUT2D eigenvalue weighted by Gasteiger charge is -2.35. The Balaban J connectivity index is 1.37. The number of ether oxygens (including phenoxy) is 1. The molecule has 2 aliphatic heterocycles. The number of para-hydroxylation sites is 1. The van der Waals surface area contributed by atoms with Crippen molar-refractivity contribution in [1.82, 2.24) is 4.90 Å². The molecule has 0 spiro atoms. The smallest absolute Gasteiger partial charge is 0.230 e. The molecule has 1 atom stereocenters. The molecule has 5 heteroatoms. The number of carbonyl (C=O) groups excluding carboxylic acids is 2. The van der Waals surface area contributed by atoms with Crippen LogP contribution >= 0.6 is 0 Å². The van der Waals surface area contributed by atoms with Gasteiger partial charge in [-0.2, -0.15) is 0 Å². The van der Waals surface area contributed by atoms with E-state index in [1.54, 1.807) is 0 Å². The summed E-state index contributed by atoms with van der Waals surface area (Å²) in [7, 11) is 0. The standard InChI is InChI=1S/C21H28N2O3/c1-15-14-18-4-2-3-5-19(18)23(15)21(25)17-8-6-16(7-9-17)20(24)22-10-12-26-13-11-22/h2-5,15-17H,6-14H2,1H3. The zero-order valence-electron chi connectivity index (χ0n) is 15.5. The van der Waals surface area contributed by atoms with E-state index in [9.17, 15) is 9.59 Å². The van der Waals surface area contributed by atoms with Crippen molar-refractivity contribution in [2.45, 2.75) is 45.1 Å². The number of morpholine rings is 1. The van der Waals surface area contributed by atoms with E-state index in [1.807, 2.05) is 21.9 Å². The van der Waals surface area contributed by atoms with Crippen LogP contribution in [-0.2, 0) is 20.7 Å². The molecule has 26 heavy (non-hydrogen) atoms. The van der Waals surface area contributed by atoms with Crippen LogP contribution < -0.4 is 4.90 Å². The zero-order valence-corrected chi connectivity index (χ0v) is 15.5. The molecular weight excluding hydrogens is 328 g/mol. The van der Waals surface area contributed by atoms with Crippen molar-refractivity contribution in [2.24, 2.45) is 11.8 Å². The second-order valence-corrected chi connectivity index (χ2v) is 7.88. The number of nitrogens with zero attached hydrogens (tertiary/aromatic N) is 2. The Kier molecular flexibility index (Phi) is 4.98. The number of anilines is 1. The molecule has 1 saturated carbocycles. The predicted octanol–water partition coefficient (Wildman–Crippen LogP) is 2.63. The number of hydrogen-bond acceptors (Lipinski definition) is 3. The van der Waals surface area contributed by atoms with Crippen LogP contribution in [0.25, 0.3) is 0 Å². The number of carbonyl (C=O) groups is 2. The van der Waals surface area contributed by atoms with Gasteiger partial charge in [0, 0.05) is 36.7 Å². The van der Waals surface area contributed by atoms with Crippen LogP contribution in [0, 0.1) is 11.8 Å². The van der Waals surface area contributed by atoms with Gasteiger partial charge in [-0.1, -0.05) is 18.2 Å². The van der Waals surface area contributed by atoms with Gasteiger partial charge in [0.05, 0.1) is 13.2 Å². The highest BCUT2D eigenvalue weighted by Gasteiger charge is 2.38. The van der Waals surface area contributed by atoms with Crippen LogP contribution in [0.3, 0.4) is 0 Å². The Hall–Kier alpha value is -1.88. The lowest BCUT2D eigenvalue weighted by molar-refractivity contribution is -0.141. The molecule has 0 bridgehead atoms. The SMILES string of the molecule is CC1Cc2ccccc2N1C(=O)C1CCC(C(=O)N2CCOCC2)CC1. The fourth-order valence-corrected chi connectivity index (χ4v) is 4.73. The molecule has 5 nitrogen and oxygen atoms in total. The molecular formula is C21H28N2O3. The molecule has 2 heterocycles. The van der Waals surface area contributed by atoms with Gasteiger partial charge in [-0.25, -0.2) is 0 Å². The summed E-state index contributed by atoms with van der Waals surface area (Å²) in [5.74, 6) is 0.650. The average molecular weight is 356 g/mol. The van der Waals surface area contributed by atoms with Gasteiger partial charge < -0.3 is 14.5 Å². The maximum atomic E-state index is 13.2. The number of amides is 2.